The average Bonchev–Trinajstić information content (AvgIpc) is 3.44. The van der Waals surface area contributed by atoms with E-state index in [0.717, 1.165) is 15.6 Å². The largest absolute Gasteiger partial charge is 0.497 e. The van der Waals surface area contributed by atoms with Crippen LogP contribution in [0.2, 0.25) is 0 Å². The molecule has 0 saturated carbocycles. The lowest BCUT2D eigenvalue weighted by atomic mass is 10.1. The molecule has 2 amide bonds. The van der Waals surface area contributed by atoms with Gasteiger partial charge in [-0.3, -0.25) is 19.3 Å². The minimum Gasteiger partial charge on any atom is -0.497 e. The van der Waals surface area contributed by atoms with Gasteiger partial charge in [-0.05, 0) is 54.1 Å². The lowest BCUT2D eigenvalue weighted by Crippen LogP contribution is -2.29. The number of aromatic nitrogens is 3. The van der Waals surface area contributed by atoms with Gasteiger partial charge in [0.05, 0.1) is 38.1 Å². The third kappa shape index (κ3) is 3.70. The molecular formula is C28H21N5O5. The molecule has 5 aromatic rings. The number of carbonyl (C=O) groups is 2. The van der Waals surface area contributed by atoms with E-state index in [9.17, 15) is 14.4 Å². The first-order valence-corrected chi connectivity index (χ1v) is 11.7. The van der Waals surface area contributed by atoms with E-state index in [-0.39, 0.29) is 23.9 Å². The summed E-state index contributed by atoms with van der Waals surface area (Å²) in [4.78, 5) is 47.5. The Labute approximate surface area is 215 Å². The van der Waals surface area contributed by atoms with Gasteiger partial charge in [-0.1, -0.05) is 12.1 Å². The van der Waals surface area contributed by atoms with E-state index in [1.165, 1.54) is 24.6 Å². The van der Waals surface area contributed by atoms with E-state index in [4.69, 9.17) is 9.47 Å². The molecule has 2 aromatic heterocycles. The summed E-state index contributed by atoms with van der Waals surface area (Å²) in [6, 6.07) is 17.4. The van der Waals surface area contributed by atoms with Crippen molar-refractivity contribution in [2.45, 2.75) is 6.54 Å². The van der Waals surface area contributed by atoms with Crippen LogP contribution in [0.15, 0.2) is 76.9 Å². The highest BCUT2D eigenvalue weighted by molar-refractivity contribution is 6.21. The summed E-state index contributed by atoms with van der Waals surface area (Å²) in [5.41, 5.74) is 3.29. The fourth-order valence-corrected chi connectivity index (χ4v) is 4.62. The number of fused-ring (bicyclic) bond motifs is 4. The smallest absolute Gasteiger partial charge is 0.298 e. The third-order valence-electron chi connectivity index (χ3n) is 6.54. The minimum absolute atomic E-state index is 0.0309. The van der Waals surface area contributed by atoms with Crippen LogP contribution in [0.4, 0.5) is 0 Å². The normalized spacial score (nSPS) is 13.2. The number of aromatic amines is 1. The average molecular weight is 508 g/mol. The zero-order valence-electron chi connectivity index (χ0n) is 20.5. The van der Waals surface area contributed by atoms with Crippen molar-refractivity contribution in [3.63, 3.8) is 0 Å². The Balaban J connectivity index is 1.31. The Morgan fingerprint density at radius 3 is 2.42 bits per heavy atom. The van der Waals surface area contributed by atoms with Gasteiger partial charge in [0.1, 0.15) is 28.9 Å². The molecule has 188 valence electrons. The Morgan fingerprint density at radius 2 is 1.71 bits per heavy atom. The zero-order valence-corrected chi connectivity index (χ0v) is 20.5. The number of nitrogens with one attached hydrogen (secondary N) is 1. The lowest BCUT2D eigenvalue weighted by Gasteiger charge is -2.16. The molecule has 0 radical (unpaired) electrons. The summed E-state index contributed by atoms with van der Waals surface area (Å²) < 4.78 is 11.9. The summed E-state index contributed by atoms with van der Waals surface area (Å²) in [5.74, 6) is 0.480. The first kappa shape index (κ1) is 23.2. The first-order valence-electron chi connectivity index (χ1n) is 11.7. The van der Waals surface area contributed by atoms with Gasteiger partial charge < -0.3 is 14.5 Å². The maximum Gasteiger partial charge on any atom is 0.298 e. The maximum absolute atomic E-state index is 13.1. The van der Waals surface area contributed by atoms with E-state index in [0.29, 0.717) is 44.8 Å². The molecular weight excluding hydrogens is 486 g/mol. The molecule has 0 fully saturated rings. The molecule has 0 atom stereocenters. The van der Waals surface area contributed by atoms with Crippen LogP contribution in [0.5, 0.6) is 11.5 Å². The van der Waals surface area contributed by atoms with Crippen LogP contribution in [-0.2, 0) is 6.54 Å². The van der Waals surface area contributed by atoms with E-state index >= 15 is 0 Å². The SMILES string of the molecule is COc1ccc2[nH]c3c(=O)n(N=Cc4ccc(OC)c(CN5C(=O)c6ccccc6C5=O)c4)cnc3c2c1. The standard InChI is InChI=1S/C28H21N5O5/c1-37-18-8-9-22-21(12-18)24-25(31-22)28(36)33(15-29-24)30-13-16-7-10-23(38-2)17(11-16)14-32-26(34)19-5-3-4-6-20(19)27(32)35/h3-13,15,31H,14H2,1-2H3. The number of nitrogens with zero attached hydrogens (tertiary/aromatic N) is 4. The second-order valence-electron chi connectivity index (χ2n) is 8.71. The lowest BCUT2D eigenvalue weighted by molar-refractivity contribution is 0.0641. The number of amides is 2. The number of methoxy groups -OCH3 is 2. The molecule has 1 aliphatic heterocycles. The number of hydrogen-bond acceptors (Lipinski definition) is 7. The Bertz CT molecular complexity index is 1820. The van der Waals surface area contributed by atoms with E-state index in [1.54, 1.807) is 55.6 Å². The van der Waals surface area contributed by atoms with Crippen molar-refractivity contribution >= 4 is 40.0 Å². The fraction of sp³-hybridized carbons (Fsp3) is 0.107. The molecule has 10 heteroatoms. The summed E-state index contributed by atoms with van der Waals surface area (Å²) in [6.07, 6.45) is 2.86. The number of hydrogen-bond donors (Lipinski definition) is 1. The molecule has 1 N–H and O–H groups in total. The molecule has 0 bridgehead atoms. The fourth-order valence-electron chi connectivity index (χ4n) is 4.62. The summed E-state index contributed by atoms with van der Waals surface area (Å²) in [7, 11) is 3.10. The molecule has 6 rings (SSSR count). The molecule has 38 heavy (non-hydrogen) atoms. The van der Waals surface area contributed by atoms with Gasteiger partial charge in [-0.25, -0.2) is 4.98 Å². The number of carbonyl (C=O) groups excluding carboxylic acids is 2. The number of rotatable bonds is 6. The highest BCUT2D eigenvalue weighted by Gasteiger charge is 2.35. The molecule has 0 saturated heterocycles. The third-order valence-corrected chi connectivity index (χ3v) is 6.54. The van der Waals surface area contributed by atoms with Crippen molar-refractivity contribution in [2.75, 3.05) is 14.2 Å². The minimum atomic E-state index is -0.360. The van der Waals surface area contributed by atoms with Crippen LogP contribution in [-0.4, -0.2) is 51.8 Å². The van der Waals surface area contributed by atoms with Crippen LogP contribution < -0.4 is 15.0 Å². The first-order chi connectivity index (χ1) is 18.5. The second kappa shape index (κ2) is 9.00. The predicted octanol–water partition coefficient (Wildman–Crippen LogP) is 3.57. The molecule has 3 aromatic carbocycles. The van der Waals surface area contributed by atoms with E-state index in [2.05, 4.69) is 15.1 Å². The van der Waals surface area contributed by atoms with Crippen LogP contribution in [0.25, 0.3) is 21.9 Å². The summed E-state index contributed by atoms with van der Waals surface area (Å²) in [6.45, 7) is 0.0309. The van der Waals surface area contributed by atoms with Crippen LogP contribution >= 0.6 is 0 Å². The van der Waals surface area contributed by atoms with Crippen molar-refractivity contribution in [1.82, 2.24) is 19.5 Å². The van der Waals surface area contributed by atoms with Crippen LogP contribution in [0.1, 0.15) is 31.8 Å². The number of benzene rings is 3. The molecule has 3 heterocycles. The van der Waals surface area contributed by atoms with Gasteiger partial charge in [0, 0.05) is 16.5 Å². The Hall–Kier alpha value is -5.25. The van der Waals surface area contributed by atoms with Crippen molar-refractivity contribution in [2.24, 2.45) is 5.10 Å². The van der Waals surface area contributed by atoms with Gasteiger partial charge in [0.2, 0.25) is 0 Å². The Kier molecular flexibility index (Phi) is 5.49. The Morgan fingerprint density at radius 1 is 0.947 bits per heavy atom. The second-order valence-corrected chi connectivity index (χ2v) is 8.71. The molecule has 10 nitrogen and oxygen atoms in total. The van der Waals surface area contributed by atoms with Crippen LogP contribution in [0, 0.1) is 0 Å². The van der Waals surface area contributed by atoms with Gasteiger partial charge in [-0.15, -0.1) is 0 Å². The zero-order chi connectivity index (χ0) is 26.4. The summed E-state index contributed by atoms with van der Waals surface area (Å²) in [5, 5.41) is 5.08. The van der Waals surface area contributed by atoms with Crippen molar-refractivity contribution in [3.8, 4) is 11.5 Å². The van der Waals surface area contributed by atoms with E-state index < -0.39 is 0 Å². The number of H-pyrrole nitrogens is 1. The van der Waals surface area contributed by atoms with E-state index in [1.807, 2.05) is 12.1 Å². The maximum atomic E-state index is 13.1. The van der Waals surface area contributed by atoms with Crippen molar-refractivity contribution < 1.29 is 19.1 Å². The highest BCUT2D eigenvalue weighted by atomic mass is 16.5. The monoisotopic (exact) mass is 507 g/mol. The predicted molar refractivity (Wildman–Crippen MR) is 141 cm³/mol. The van der Waals surface area contributed by atoms with Gasteiger partial charge in [0.25, 0.3) is 17.4 Å². The molecule has 0 unspecified atom stereocenters. The van der Waals surface area contributed by atoms with Crippen LogP contribution in [0.3, 0.4) is 0 Å². The number of ether oxygens (including phenoxy) is 2. The van der Waals surface area contributed by atoms with Crippen molar-refractivity contribution in [3.05, 3.63) is 99.6 Å². The van der Waals surface area contributed by atoms with Gasteiger partial charge in [-0.2, -0.15) is 9.78 Å². The quantitative estimate of drug-likeness (QED) is 0.277. The molecule has 0 spiro atoms. The van der Waals surface area contributed by atoms with Gasteiger partial charge in [0.15, 0.2) is 0 Å². The topological polar surface area (TPSA) is 119 Å². The molecule has 1 aliphatic rings. The number of imide groups is 1. The van der Waals surface area contributed by atoms with Crippen molar-refractivity contribution in [1.29, 1.82) is 0 Å². The van der Waals surface area contributed by atoms with Gasteiger partial charge >= 0.3 is 0 Å². The molecule has 0 aliphatic carbocycles. The highest BCUT2D eigenvalue weighted by Crippen LogP contribution is 2.28. The summed E-state index contributed by atoms with van der Waals surface area (Å²) >= 11 is 0.